The van der Waals surface area contributed by atoms with Crippen molar-refractivity contribution in [2.45, 2.75) is 57.5 Å². The van der Waals surface area contributed by atoms with E-state index < -0.39 is 0 Å². The molecule has 0 saturated heterocycles. The maximum atomic E-state index is 11.8. The van der Waals surface area contributed by atoms with Crippen LogP contribution in [0.5, 0.6) is 0 Å². The molecule has 0 aromatic heterocycles. The van der Waals surface area contributed by atoms with E-state index in [1.165, 1.54) is 37.7 Å². The molecule has 0 aromatic rings. The van der Waals surface area contributed by atoms with Crippen LogP contribution in [0, 0.1) is 40.9 Å². The van der Waals surface area contributed by atoms with Gasteiger partial charge >= 0.3 is 0 Å². The second kappa shape index (κ2) is 4.44. The van der Waals surface area contributed by atoms with E-state index >= 15 is 0 Å². The van der Waals surface area contributed by atoms with Crippen LogP contribution < -0.4 is 0 Å². The average Bonchev–Trinajstić information content (AvgIpc) is 3.13. The fourth-order valence-electron chi connectivity index (χ4n) is 8.25. The van der Waals surface area contributed by atoms with Gasteiger partial charge < -0.3 is 4.74 Å². The molecule has 6 aliphatic rings. The Hall–Kier alpha value is -0.890. The summed E-state index contributed by atoms with van der Waals surface area (Å²) < 4.78 is 6.46. The molecule has 8 atom stereocenters. The molecule has 5 aliphatic carbocycles. The van der Waals surface area contributed by atoms with Gasteiger partial charge in [-0.25, -0.2) is 0 Å². The van der Waals surface area contributed by atoms with Crippen LogP contribution in [0.25, 0.3) is 0 Å². The third-order valence-corrected chi connectivity index (χ3v) is 9.08. The molecular weight excluding hydrogens is 296 g/mol. The molecule has 4 saturated carbocycles. The summed E-state index contributed by atoms with van der Waals surface area (Å²) in [6, 6.07) is 0. The van der Waals surface area contributed by atoms with Crippen LogP contribution in [0.4, 0.5) is 0 Å². The molecule has 0 aromatic carbocycles. The molecule has 0 unspecified atom stereocenters. The second-order valence-corrected chi connectivity index (χ2v) is 9.69. The lowest BCUT2D eigenvalue weighted by Gasteiger charge is -2.57. The standard InChI is InChI=1S/C22H28O2/c1-21-9-7-16-15-6-4-14(23)11-13(15)3-5-17(16)20(21)18-12-19(18)22(21)8-2-10-24-22/h2,8,11,15-20H,3-7,9-10,12H2,1H3/t15-,16+,17+,18-,19+,20+,21-,22-/m0/s1. The summed E-state index contributed by atoms with van der Waals surface area (Å²) in [6.45, 7) is 3.39. The molecule has 6 rings (SSSR count). The van der Waals surface area contributed by atoms with Crippen LogP contribution in [0.2, 0.25) is 0 Å². The molecule has 24 heavy (non-hydrogen) atoms. The third kappa shape index (κ3) is 1.51. The highest BCUT2D eigenvalue weighted by atomic mass is 16.5. The topological polar surface area (TPSA) is 26.3 Å². The largest absolute Gasteiger partial charge is 0.366 e. The minimum atomic E-state index is 0.0753. The van der Waals surface area contributed by atoms with E-state index in [4.69, 9.17) is 4.74 Å². The van der Waals surface area contributed by atoms with Crippen LogP contribution in [-0.4, -0.2) is 18.0 Å². The number of carbonyl (C=O) groups is 1. The minimum absolute atomic E-state index is 0.0753. The fourth-order valence-corrected chi connectivity index (χ4v) is 8.25. The number of hydrogen-bond donors (Lipinski definition) is 0. The Morgan fingerprint density at radius 2 is 2.04 bits per heavy atom. The summed E-state index contributed by atoms with van der Waals surface area (Å²) in [5.41, 5.74) is 1.94. The van der Waals surface area contributed by atoms with E-state index in [9.17, 15) is 4.79 Å². The summed E-state index contributed by atoms with van der Waals surface area (Å²) in [5.74, 6) is 5.41. The van der Waals surface area contributed by atoms with Crippen molar-refractivity contribution in [1.82, 2.24) is 0 Å². The summed E-state index contributed by atoms with van der Waals surface area (Å²) in [5, 5.41) is 0. The zero-order chi connectivity index (χ0) is 16.1. The smallest absolute Gasteiger partial charge is 0.155 e. The third-order valence-electron chi connectivity index (χ3n) is 9.08. The summed E-state index contributed by atoms with van der Waals surface area (Å²) in [4.78, 5) is 11.8. The quantitative estimate of drug-likeness (QED) is 0.621. The Morgan fingerprint density at radius 3 is 2.88 bits per heavy atom. The van der Waals surface area contributed by atoms with Gasteiger partial charge in [0, 0.05) is 11.8 Å². The Kier molecular flexibility index (Phi) is 2.64. The lowest BCUT2D eigenvalue weighted by Crippen LogP contribution is -2.54. The lowest BCUT2D eigenvalue weighted by molar-refractivity contribution is -0.132. The monoisotopic (exact) mass is 324 g/mol. The first-order valence-electron chi connectivity index (χ1n) is 10.2. The van der Waals surface area contributed by atoms with Crippen molar-refractivity contribution in [1.29, 1.82) is 0 Å². The maximum Gasteiger partial charge on any atom is 0.155 e. The van der Waals surface area contributed by atoms with E-state index in [2.05, 4.69) is 19.1 Å². The summed E-state index contributed by atoms with van der Waals surface area (Å²) >= 11 is 0. The van der Waals surface area contributed by atoms with Gasteiger partial charge in [-0.1, -0.05) is 24.6 Å². The number of fused-ring (bicyclic) bond motifs is 9. The summed E-state index contributed by atoms with van der Waals surface area (Å²) in [7, 11) is 0. The second-order valence-electron chi connectivity index (χ2n) is 9.69. The van der Waals surface area contributed by atoms with Gasteiger partial charge in [-0.2, -0.15) is 0 Å². The van der Waals surface area contributed by atoms with E-state index in [-0.39, 0.29) is 5.60 Å². The number of hydrogen-bond acceptors (Lipinski definition) is 2. The molecule has 1 spiro atoms. The maximum absolute atomic E-state index is 11.8. The van der Waals surface area contributed by atoms with Crippen molar-refractivity contribution in [2.75, 3.05) is 6.61 Å². The molecule has 128 valence electrons. The van der Waals surface area contributed by atoms with Crippen molar-refractivity contribution < 1.29 is 9.53 Å². The molecule has 0 N–H and O–H groups in total. The fraction of sp³-hybridized carbons (Fsp3) is 0.773. The van der Waals surface area contributed by atoms with E-state index in [0.29, 0.717) is 11.2 Å². The molecular formula is C22H28O2. The first-order chi connectivity index (χ1) is 11.6. The highest BCUT2D eigenvalue weighted by Crippen LogP contribution is 2.77. The average molecular weight is 324 g/mol. The van der Waals surface area contributed by atoms with Gasteiger partial charge in [0.25, 0.3) is 0 Å². The van der Waals surface area contributed by atoms with Crippen molar-refractivity contribution in [3.05, 3.63) is 23.8 Å². The van der Waals surface area contributed by atoms with E-state index in [1.54, 1.807) is 0 Å². The molecule has 2 heteroatoms. The van der Waals surface area contributed by atoms with Gasteiger partial charge in [-0.05, 0) is 80.1 Å². The number of ketones is 1. The Balaban J connectivity index is 1.38. The van der Waals surface area contributed by atoms with Gasteiger partial charge in [-0.3, -0.25) is 4.79 Å². The SMILES string of the molecule is C[C@]12CC[C@H]3[C@@H](CCC4=CC(=O)CC[C@@H]43)[C@@H]1[C@H]1C[C@H]1[C@@]21C=CCO1. The molecule has 0 amide bonds. The first kappa shape index (κ1) is 14.3. The Bertz CT molecular complexity index is 675. The molecule has 0 bridgehead atoms. The zero-order valence-electron chi connectivity index (χ0n) is 14.7. The van der Waals surface area contributed by atoms with Crippen LogP contribution in [0.1, 0.15) is 51.9 Å². The minimum Gasteiger partial charge on any atom is -0.366 e. The number of carbonyl (C=O) groups excluding carboxylic acids is 1. The normalized spacial score (nSPS) is 57.2. The first-order valence-corrected chi connectivity index (χ1v) is 10.2. The van der Waals surface area contributed by atoms with Crippen molar-refractivity contribution >= 4 is 5.78 Å². The van der Waals surface area contributed by atoms with Crippen molar-refractivity contribution in [3.63, 3.8) is 0 Å². The Morgan fingerprint density at radius 1 is 1.12 bits per heavy atom. The van der Waals surface area contributed by atoms with E-state index in [1.807, 2.05) is 6.08 Å². The number of allylic oxidation sites excluding steroid dienone is 1. The highest BCUT2D eigenvalue weighted by Gasteiger charge is 2.76. The summed E-state index contributed by atoms with van der Waals surface area (Å²) in [6.07, 6.45) is 15.3. The van der Waals surface area contributed by atoms with Gasteiger partial charge in [0.2, 0.25) is 0 Å². The molecule has 0 radical (unpaired) electrons. The van der Waals surface area contributed by atoms with Gasteiger partial charge in [0.1, 0.15) is 0 Å². The molecule has 1 heterocycles. The van der Waals surface area contributed by atoms with Gasteiger partial charge in [-0.15, -0.1) is 0 Å². The van der Waals surface area contributed by atoms with Crippen molar-refractivity contribution in [2.24, 2.45) is 40.9 Å². The van der Waals surface area contributed by atoms with Gasteiger partial charge in [0.05, 0.1) is 12.2 Å². The molecule has 4 fully saturated rings. The predicted molar refractivity (Wildman–Crippen MR) is 92.3 cm³/mol. The Labute approximate surface area is 144 Å². The zero-order valence-corrected chi connectivity index (χ0v) is 14.7. The molecule has 2 nitrogen and oxygen atoms in total. The van der Waals surface area contributed by atoms with E-state index in [0.717, 1.165) is 55.0 Å². The number of ether oxygens (including phenoxy) is 1. The molecule has 1 aliphatic heterocycles. The van der Waals surface area contributed by atoms with Gasteiger partial charge in [0.15, 0.2) is 5.78 Å². The van der Waals surface area contributed by atoms with Crippen LogP contribution in [0.15, 0.2) is 23.8 Å². The van der Waals surface area contributed by atoms with Crippen molar-refractivity contribution in [3.8, 4) is 0 Å². The van der Waals surface area contributed by atoms with Crippen LogP contribution >= 0.6 is 0 Å². The lowest BCUT2D eigenvalue weighted by atomic mass is 9.49. The highest BCUT2D eigenvalue weighted by molar-refractivity contribution is 5.91. The number of rotatable bonds is 0. The predicted octanol–water partition coefficient (Wildman–Crippen LogP) is 4.31. The van der Waals surface area contributed by atoms with Crippen LogP contribution in [0.3, 0.4) is 0 Å². The van der Waals surface area contributed by atoms with Crippen LogP contribution in [-0.2, 0) is 9.53 Å².